The van der Waals surface area contributed by atoms with Gasteiger partial charge in [-0.15, -0.1) is 0 Å². The van der Waals surface area contributed by atoms with Gasteiger partial charge in [0.15, 0.2) is 0 Å². The van der Waals surface area contributed by atoms with Crippen LogP contribution >= 0.6 is 15.9 Å². The van der Waals surface area contributed by atoms with Crippen molar-refractivity contribution in [1.29, 1.82) is 0 Å². The highest BCUT2D eigenvalue weighted by Crippen LogP contribution is 2.16. The van der Waals surface area contributed by atoms with Gasteiger partial charge in [0.05, 0.1) is 17.4 Å². The molecule has 1 atom stereocenters. The van der Waals surface area contributed by atoms with Gasteiger partial charge in [0.25, 0.3) is 5.91 Å². The summed E-state index contributed by atoms with van der Waals surface area (Å²) in [5.41, 5.74) is 1.36. The molecule has 2 amide bonds. The average molecular weight is 419 g/mol. The number of carbonyl (C=O) groups is 2. The third-order valence-corrected chi connectivity index (χ3v) is 5.10. The van der Waals surface area contributed by atoms with Gasteiger partial charge in [-0.05, 0) is 43.0 Å². The molecular weight excluding hydrogens is 396 g/mol. The van der Waals surface area contributed by atoms with Gasteiger partial charge in [-0.25, -0.2) is 4.68 Å². The van der Waals surface area contributed by atoms with Crippen molar-refractivity contribution in [1.82, 2.24) is 20.0 Å². The molecule has 0 bridgehead atoms. The number of aromatic nitrogens is 2. The van der Waals surface area contributed by atoms with Crippen molar-refractivity contribution in [3.05, 3.63) is 46.7 Å². The molecule has 6 nitrogen and oxygen atoms in total. The molecule has 3 rings (SSSR count). The second-order valence-corrected chi connectivity index (χ2v) is 7.66. The van der Waals surface area contributed by atoms with E-state index in [0.717, 1.165) is 29.7 Å². The first-order valence-corrected chi connectivity index (χ1v) is 9.69. The molecule has 1 unspecified atom stereocenters. The van der Waals surface area contributed by atoms with E-state index >= 15 is 0 Å². The van der Waals surface area contributed by atoms with Crippen LogP contribution in [0.25, 0.3) is 5.69 Å². The first-order valence-electron chi connectivity index (χ1n) is 8.89. The highest BCUT2D eigenvalue weighted by atomic mass is 79.9. The standard InChI is InChI=1S/C19H23BrN4O2/c1-14-3-2-10-23(12-14)18(25)8-9-21-19(26)15-11-22-24(13-15)17-6-4-16(20)5-7-17/h4-7,11,13-14H,2-3,8-10,12H2,1H3,(H,21,26). The average Bonchev–Trinajstić information content (AvgIpc) is 3.12. The summed E-state index contributed by atoms with van der Waals surface area (Å²) in [7, 11) is 0. The van der Waals surface area contributed by atoms with E-state index in [1.54, 1.807) is 10.9 Å². The van der Waals surface area contributed by atoms with Gasteiger partial charge < -0.3 is 10.2 Å². The lowest BCUT2D eigenvalue weighted by Crippen LogP contribution is -2.40. The van der Waals surface area contributed by atoms with E-state index < -0.39 is 0 Å². The Balaban J connectivity index is 1.49. The first-order chi connectivity index (χ1) is 12.5. The summed E-state index contributed by atoms with van der Waals surface area (Å²) in [6.45, 7) is 4.17. The van der Waals surface area contributed by atoms with Crippen LogP contribution in [-0.4, -0.2) is 46.1 Å². The number of amides is 2. The van der Waals surface area contributed by atoms with Crippen LogP contribution in [0.5, 0.6) is 0 Å². The lowest BCUT2D eigenvalue weighted by atomic mass is 10.00. The molecular formula is C19H23BrN4O2. The molecule has 1 N–H and O–H groups in total. The van der Waals surface area contributed by atoms with Gasteiger partial charge in [-0.1, -0.05) is 22.9 Å². The summed E-state index contributed by atoms with van der Waals surface area (Å²) in [5.74, 6) is 0.460. The number of nitrogens with one attached hydrogen (secondary N) is 1. The number of rotatable bonds is 5. The number of hydrogen-bond acceptors (Lipinski definition) is 3. The lowest BCUT2D eigenvalue weighted by Gasteiger charge is -2.31. The van der Waals surface area contributed by atoms with E-state index in [1.165, 1.54) is 12.6 Å². The van der Waals surface area contributed by atoms with Gasteiger partial charge in [0.1, 0.15) is 0 Å². The summed E-state index contributed by atoms with van der Waals surface area (Å²) in [4.78, 5) is 26.4. The van der Waals surface area contributed by atoms with Crippen molar-refractivity contribution in [2.75, 3.05) is 19.6 Å². The maximum absolute atomic E-state index is 12.3. The van der Waals surface area contributed by atoms with Crippen LogP contribution in [0.4, 0.5) is 0 Å². The molecule has 7 heteroatoms. The molecule has 138 valence electrons. The molecule has 0 spiro atoms. The molecule has 0 aliphatic carbocycles. The molecule has 0 saturated carbocycles. The van der Waals surface area contributed by atoms with E-state index in [0.29, 0.717) is 24.4 Å². The highest BCUT2D eigenvalue weighted by molar-refractivity contribution is 9.10. The van der Waals surface area contributed by atoms with Crippen LogP contribution in [-0.2, 0) is 4.79 Å². The maximum Gasteiger partial charge on any atom is 0.254 e. The van der Waals surface area contributed by atoms with Crippen LogP contribution in [0.15, 0.2) is 41.1 Å². The molecule has 1 aromatic heterocycles. The molecule has 1 aliphatic rings. The fourth-order valence-corrected chi connectivity index (χ4v) is 3.40. The predicted octanol–water partition coefficient (Wildman–Crippen LogP) is 3.01. The normalized spacial score (nSPS) is 17.2. The number of piperidine rings is 1. The Bertz CT molecular complexity index is 772. The Morgan fingerprint density at radius 2 is 2.08 bits per heavy atom. The Labute approximate surface area is 161 Å². The second kappa shape index (κ2) is 8.49. The van der Waals surface area contributed by atoms with Crippen molar-refractivity contribution in [2.45, 2.75) is 26.2 Å². The fourth-order valence-electron chi connectivity index (χ4n) is 3.13. The molecule has 2 aromatic rings. The molecule has 1 aromatic carbocycles. The van der Waals surface area contributed by atoms with E-state index in [1.807, 2.05) is 29.2 Å². The largest absolute Gasteiger partial charge is 0.351 e. The molecule has 2 heterocycles. The van der Waals surface area contributed by atoms with Crippen LogP contribution < -0.4 is 5.32 Å². The van der Waals surface area contributed by atoms with Gasteiger partial charge in [0.2, 0.25) is 5.91 Å². The Morgan fingerprint density at radius 3 is 2.81 bits per heavy atom. The fraction of sp³-hybridized carbons (Fsp3) is 0.421. The van der Waals surface area contributed by atoms with Crippen molar-refractivity contribution in [2.24, 2.45) is 5.92 Å². The highest BCUT2D eigenvalue weighted by Gasteiger charge is 2.20. The Morgan fingerprint density at radius 1 is 1.31 bits per heavy atom. The zero-order valence-corrected chi connectivity index (χ0v) is 16.4. The first kappa shape index (κ1) is 18.6. The van der Waals surface area contributed by atoms with Crippen LogP contribution in [0.1, 0.15) is 36.5 Å². The van der Waals surface area contributed by atoms with Gasteiger partial charge in [-0.3, -0.25) is 9.59 Å². The third kappa shape index (κ3) is 4.72. The topological polar surface area (TPSA) is 67.2 Å². The molecule has 1 fully saturated rings. The maximum atomic E-state index is 12.3. The van der Waals surface area contributed by atoms with Gasteiger partial charge in [0, 0.05) is 36.7 Å². The zero-order valence-electron chi connectivity index (χ0n) is 14.8. The SMILES string of the molecule is CC1CCCN(C(=O)CCNC(=O)c2cnn(-c3ccc(Br)cc3)c2)C1. The van der Waals surface area contributed by atoms with E-state index in [2.05, 4.69) is 33.3 Å². The summed E-state index contributed by atoms with van der Waals surface area (Å²) in [5, 5.41) is 7.03. The number of hydrogen-bond donors (Lipinski definition) is 1. The summed E-state index contributed by atoms with van der Waals surface area (Å²) >= 11 is 3.39. The zero-order chi connectivity index (χ0) is 18.5. The monoisotopic (exact) mass is 418 g/mol. The third-order valence-electron chi connectivity index (χ3n) is 4.57. The minimum Gasteiger partial charge on any atom is -0.351 e. The van der Waals surface area contributed by atoms with Crippen molar-refractivity contribution in [3.63, 3.8) is 0 Å². The number of carbonyl (C=O) groups excluding carboxylic acids is 2. The molecule has 1 saturated heterocycles. The second-order valence-electron chi connectivity index (χ2n) is 6.74. The Hall–Kier alpha value is -2.15. The van der Waals surface area contributed by atoms with E-state index in [-0.39, 0.29) is 11.8 Å². The van der Waals surface area contributed by atoms with E-state index in [9.17, 15) is 9.59 Å². The predicted molar refractivity (Wildman–Crippen MR) is 103 cm³/mol. The van der Waals surface area contributed by atoms with Crippen molar-refractivity contribution < 1.29 is 9.59 Å². The van der Waals surface area contributed by atoms with Crippen LogP contribution in [0, 0.1) is 5.92 Å². The molecule has 1 aliphatic heterocycles. The van der Waals surface area contributed by atoms with Crippen molar-refractivity contribution in [3.8, 4) is 5.69 Å². The summed E-state index contributed by atoms with van der Waals surface area (Å²) < 4.78 is 2.64. The van der Waals surface area contributed by atoms with Crippen LogP contribution in [0.3, 0.4) is 0 Å². The van der Waals surface area contributed by atoms with Crippen molar-refractivity contribution >= 4 is 27.7 Å². The lowest BCUT2D eigenvalue weighted by molar-refractivity contribution is -0.132. The summed E-state index contributed by atoms with van der Waals surface area (Å²) in [6, 6.07) is 7.67. The molecule has 0 radical (unpaired) electrons. The van der Waals surface area contributed by atoms with Gasteiger partial charge in [-0.2, -0.15) is 5.10 Å². The van der Waals surface area contributed by atoms with Gasteiger partial charge >= 0.3 is 0 Å². The molecule has 26 heavy (non-hydrogen) atoms. The number of nitrogens with zero attached hydrogens (tertiary/aromatic N) is 3. The number of benzene rings is 1. The minimum atomic E-state index is -0.215. The quantitative estimate of drug-likeness (QED) is 0.811. The Kier molecular flexibility index (Phi) is 6.08. The minimum absolute atomic E-state index is 0.113. The number of halogens is 1. The smallest absolute Gasteiger partial charge is 0.254 e. The number of likely N-dealkylation sites (tertiary alicyclic amines) is 1. The van der Waals surface area contributed by atoms with Crippen LogP contribution in [0.2, 0.25) is 0 Å². The summed E-state index contributed by atoms with van der Waals surface area (Å²) in [6.07, 6.45) is 5.80. The van der Waals surface area contributed by atoms with E-state index in [4.69, 9.17) is 0 Å².